The smallest absolute Gasteiger partial charge is 0.241 e. The first-order valence-electron chi connectivity index (χ1n) is 8.78. The van der Waals surface area contributed by atoms with E-state index in [-0.39, 0.29) is 30.3 Å². The summed E-state index contributed by atoms with van der Waals surface area (Å²) >= 11 is 0. The standard InChI is InChI=1S/C19H26N4O2/c1-22(2)19(25)12-23-9-8-13-6-7-15(11-17(13)23)21-18(24)10-14-4-3-5-16(14)20/h6-9,11,14,16H,3-5,10,12,20H2,1-2H3,(H,21,24)/t14-,16+/m0/s1. The zero-order chi connectivity index (χ0) is 18.0. The van der Waals surface area contributed by atoms with E-state index >= 15 is 0 Å². The minimum Gasteiger partial charge on any atom is -0.347 e. The predicted molar refractivity (Wildman–Crippen MR) is 99.2 cm³/mol. The highest BCUT2D eigenvalue weighted by molar-refractivity contribution is 5.94. The van der Waals surface area contributed by atoms with Crippen molar-refractivity contribution in [2.75, 3.05) is 19.4 Å². The number of benzene rings is 1. The Balaban J connectivity index is 1.71. The number of aromatic nitrogens is 1. The summed E-state index contributed by atoms with van der Waals surface area (Å²) in [5.74, 6) is 0.316. The van der Waals surface area contributed by atoms with Crippen LogP contribution in [0.4, 0.5) is 5.69 Å². The number of carbonyl (C=O) groups is 2. The molecular formula is C19H26N4O2. The van der Waals surface area contributed by atoms with E-state index in [2.05, 4.69) is 5.32 Å². The van der Waals surface area contributed by atoms with Crippen LogP contribution in [-0.2, 0) is 16.1 Å². The highest BCUT2D eigenvalue weighted by Gasteiger charge is 2.26. The van der Waals surface area contributed by atoms with Crippen molar-refractivity contribution in [2.24, 2.45) is 11.7 Å². The third-order valence-corrected chi connectivity index (χ3v) is 5.03. The second-order valence-corrected chi connectivity index (χ2v) is 7.11. The third kappa shape index (κ3) is 4.02. The monoisotopic (exact) mass is 342 g/mol. The molecule has 1 aromatic carbocycles. The van der Waals surface area contributed by atoms with Crippen LogP contribution in [-0.4, -0.2) is 41.4 Å². The van der Waals surface area contributed by atoms with E-state index in [1.54, 1.807) is 19.0 Å². The van der Waals surface area contributed by atoms with Gasteiger partial charge in [-0.1, -0.05) is 12.5 Å². The van der Waals surface area contributed by atoms with Gasteiger partial charge in [0, 0.05) is 38.4 Å². The summed E-state index contributed by atoms with van der Waals surface area (Å²) in [7, 11) is 3.49. The Labute approximate surface area is 148 Å². The minimum absolute atomic E-state index is 0.00386. The Bertz CT molecular complexity index is 781. The lowest BCUT2D eigenvalue weighted by atomic mass is 10.00. The van der Waals surface area contributed by atoms with E-state index < -0.39 is 0 Å². The minimum atomic E-state index is 0.00386. The Morgan fingerprint density at radius 2 is 2.08 bits per heavy atom. The number of anilines is 1. The number of hydrogen-bond donors (Lipinski definition) is 2. The van der Waals surface area contributed by atoms with Crippen LogP contribution in [0.25, 0.3) is 10.9 Å². The van der Waals surface area contributed by atoms with Crippen LogP contribution in [0.5, 0.6) is 0 Å². The number of likely N-dealkylation sites (N-methyl/N-ethyl adjacent to an activating group) is 1. The molecule has 6 heteroatoms. The highest BCUT2D eigenvalue weighted by atomic mass is 16.2. The van der Waals surface area contributed by atoms with E-state index in [9.17, 15) is 9.59 Å². The predicted octanol–water partition coefficient (Wildman–Crippen LogP) is 2.19. The van der Waals surface area contributed by atoms with Crippen molar-refractivity contribution in [2.45, 2.75) is 38.3 Å². The third-order valence-electron chi connectivity index (χ3n) is 5.03. The summed E-state index contributed by atoms with van der Waals surface area (Å²) in [5.41, 5.74) is 7.74. The van der Waals surface area contributed by atoms with Crippen molar-refractivity contribution in [1.29, 1.82) is 0 Å². The molecule has 1 aliphatic carbocycles. The fourth-order valence-corrected chi connectivity index (χ4v) is 3.46. The first-order valence-corrected chi connectivity index (χ1v) is 8.78. The molecule has 2 aromatic rings. The SMILES string of the molecule is CN(C)C(=O)Cn1ccc2ccc(NC(=O)C[C@@H]3CCC[C@H]3N)cc21. The summed E-state index contributed by atoms with van der Waals surface area (Å²) in [6.45, 7) is 0.283. The van der Waals surface area contributed by atoms with Gasteiger partial charge >= 0.3 is 0 Å². The molecular weight excluding hydrogens is 316 g/mol. The first kappa shape index (κ1) is 17.5. The number of nitrogens with zero attached hydrogens (tertiary/aromatic N) is 2. The topological polar surface area (TPSA) is 80.4 Å². The molecule has 25 heavy (non-hydrogen) atoms. The second kappa shape index (κ2) is 7.27. The summed E-state index contributed by atoms with van der Waals surface area (Å²) in [4.78, 5) is 25.8. The van der Waals surface area contributed by atoms with Crippen molar-refractivity contribution < 1.29 is 9.59 Å². The second-order valence-electron chi connectivity index (χ2n) is 7.11. The number of hydrogen-bond acceptors (Lipinski definition) is 3. The van der Waals surface area contributed by atoms with Gasteiger partial charge in [0.1, 0.15) is 6.54 Å². The fourth-order valence-electron chi connectivity index (χ4n) is 3.46. The molecule has 0 spiro atoms. The Hall–Kier alpha value is -2.34. The summed E-state index contributed by atoms with van der Waals surface area (Å²) < 4.78 is 1.90. The van der Waals surface area contributed by atoms with Gasteiger partial charge < -0.3 is 20.5 Å². The van der Waals surface area contributed by atoms with E-state index in [0.29, 0.717) is 6.42 Å². The van der Waals surface area contributed by atoms with Crippen LogP contribution in [0, 0.1) is 5.92 Å². The zero-order valence-corrected chi connectivity index (χ0v) is 14.9. The maximum absolute atomic E-state index is 12.3. The Kier molecular flexibility index (Phi) is 5.08. The van der Waals surface area contributed by atoms with Crippen LogP contribution in [0.15, 0.2) is 30.5 Å². The lowest BCUT2D eigenvalue weighted by molar-refractivity contribution is -0.129. The largest absolute Gasteiger partial charge is 0.347 e. The molecule has 1 heterocycles. The first-order chi connectivity index (χ1) is 11.9. The maximum Gasteiger partial charge on any atom is 0.241 e. The van der Waals surface area contributed by atoms with E-state index in [1.165, 1.54) is 0 Å². The maximum atomic E-state index is 12.3. The number of rotatable bonds is 5. The quantitative estimate of drug-likeness (QED) is 0.874. The van der Waals surface area contributed by atoms with Crippen molar-refractivity contribution >= 4 is 28.4 Å². The fraction of sp³-hybridized carbons (Fsp3) is 0.474. The molecule has 0 bridgehead atoms. The molecule has 0 radical (unpaired) electrons. The van der Waals surface area contributed by atoms with Crippen LogP contribution in [0.1, 0.15) is 25.7 Å². The van der Waals surface area contributed by atoms with Gasteiger partial charge in [0.05, 0.1) is 5.52 Å². The Morgan fingerprint density at radius 1 is 1.28 bits per heavy atom. The van der Waals surface area contributed by atoms with Crippen LogP contribution < -0.4 is 11.1 Å². The number of fused-ring (bicyclic) bond motifs is 1. The van der Waals surface area contributed by atoms with Gasteiger partial charge in [-0.2, -0.15) is 0 Å². The number of nitrogens with two attached hydrogens (primary N) is 1. The van der Waals surface area contributed by atoms with Crippen molar-refractivity contribution in [3.05, 3.63) is 30.5 Å². The van der Waals surface area contributed by atoms with Crippen molar-refractivity contribution in [3.8, 4) is 0 Å². The van der Waals surface area contributed by atoms with Crippen LogP contribution >= 0.6 is 0 Å². The summed E-state index contributed by atoms with van der Waals surface area (Å²) in [6.07, 6.45) is 5.52. The molecule has 1 aliphatic rings. The number of amides is 2. The van der Waals surface area contributed by atoms with Gasteiger partial charge in [0.15, 0.2) is 0 Å². The summed E-state index contributed by atoms with van der Waals surface area (Å²) in [5, 5.41) is 4.02. The lowest BCUT2D eigenvalue weighted by Crippen LogP contribution is -2.28. The van der Waals surface area contributed by atoms with Gasteiger partial charge in [-0.15, -0.1) is 0 Å². The lowest BCUT2D eigenvalue weighted by Gasteiger charge is -2.15. The van der Waals surface area contributed by atoms with Gasteiger partial charge in [0.2, 0.25) is 11.8 Å². The van der Waals surface area contributed by atoms with Crippen molar-refractivity contribution in [3.63, 3.8) is 0 Å². The average Bonchev–Trinajstić information content (AvgIpc) is 3.14. The van der Waals surface area contributed by atoms with E-state index in [1.807, 2.05) is 35.0 Å². The van der Waals surface area contributed by atoms with Gasteiger partial charge in [-0.3, -0.25) is 9.59 Å². The molecule has 1 aromatic heterocycles. The molecule has 1 fully saturated rings. The molecule has 0 unspecified atom stereocenters. The molecule has 3 N–H and O–H groups in total. The molecule has 0 saturated heterocycles. The number of nitrogens with one attached hydrogen (secondary N) is 1. The molecule has 134 valence electrons. The van der Waals surface area contributed by atoms with Crippen molar-refractivity contribution in [1.82, 2.24) is 9.47 Å². The normalized spacial score (nSPS) is 20.0. The Morgan fingerprint density at radius 3 is 2.76 bits per heavy atom. The highest BCUT2D eigenvalue weighted by Crippen LogP contribution is 2.27. The molecule has 1 saturated carbocycles. The van der Waals surface area contributed by atoms with Gasteiger partial charge in [-0.05, 0) is 42.3 Å². The van der Waals surface area contributed by atoms with E-state index in [0.717, 1.165) is 35.9 Å². The van der Waals surface area contributed by atoms with Crippen LogP contribution in [0.2, 0.25) is 0 Å². The molecule has 0 aliphatic heterocycles. The molecule has 2 atom stereocenters. The molecule has 2 amide bonds. The average molecular weight is 342 g/mol. The zero-order valence-electron chi connectivity index (χ0n) is 14.9. The van der Waals surface area contributed by atoms with E-state index in [4.69, 9.17) is 5.73 Å². The van der Waals surface area contributed by atoms with Gasteiger partial charge in [0.25, 0.3) is 0 Å². The summed E-state index contributed by atoms with van der Waals surface area (Å²) in [6, 6.07) is 7.89. The molecule has 3 rings (SSSR count). The van der Waals surface area contributed by atoms with Crippen LogP contribution in [0.3, 0.4) is 0 Å². The van der Waals surface area contributed by atoms with Gasteiger partial charge in [-0.25, -0.2) is 0 Å². The molecule has 6 nitrogen and oxygen atoms in total. The number of carbonyl (C=O) groups excluding carboxylic acids is 2.